The zero-order valence-corrected chi connectivity index (χ0v) is 16.5. The van der Waals surface area contributed by atoms with Crippen LogP contribution in [0.1, 0.15) is 16.8 Å². The van der Waals surface area contributed by atoms with E-state index in [0.29, 0.717) is 23.9 Å². The molecule has 0 N–H and O–H groups in total. The number of methoxy groups -OCH3 is 4. The molecule has 0 saturated carbocycles. The third-order valence-corrected chi connectivity index (χ3v) is 4.80. The zero-order chi connectivity index (χ0) is 19.6. The number of hydrogen-bond acceptors (Lipinski definition) is 4. The Kier molecular flexibility index (Phi) is 5.42. The number of ether oxygens (including phenoxy) is 4. The predicted molar refractivity (Wildman–Crippen MR) is 108 cm³/mol. The minimum absolute atomic E-state index is 0.569. The Morgan fingerprint density at radius 3 is 2.11 bits per heavy atom. The van der Waals surface area contributed by atoms with E-state index >= 15 is 0 Å². The van der Waals surface area contributed by atoms with Crippen LogP contribution < -0.4 is 14.2 Å². The zero-order valence-electron chi connectivity index (χ0n) is 16.5. The molecule has 0 fully saturated rings. The normalized spacial score (nSPS) is 10.9. The molecule has 0 saturated heterocycles. The Bertz CT molecular complexity index is 962. The summed E-state index contributed by atoms with van der Waals surface area (Å²) in [5.41, 5.74) is 5.11. The molecule has 0 aliphatic carbocycles. The molecule has 0 atom stereocenters. The fourth-order valence-electron chi connectivity index (χ4n) is 3.30. The lowest BCUT2D eigenvalue weighted by atomic mass is 9.97. The highest BCUT2D eigenvalue weighted by Crippen LogP contribution is 2.41. The van der Waals surface area contributed by atoms with Gasteiger partial charge in [0.05, 0.1) is 27.9 Å². The first-order valence-corrected chi connectivity index (χ1v) is 8.61. The first-order chi connectivity index (χ1) is 13.0. The van der Waals surface area contributed by atoms with Crippen LogP contribution in [0.2, 0.25) is 0 Å². The standard InChI is InChI=1S/C22H25NO4/c1-14(16-11-20(25-4)22(27-6)21(12-16)26-5)15-7-8-19-17(9-15)10-18(13-24-3)23(19)2/h7-12H,1,13H2,2-6H3. The fraction of sp³-hybridized carbons (Fsp3) is 0.273. The van der Waals surface area contributed by atoms with E-state index in [1.54, 1.807) is 28.4 Å². The Balaban J connectivity index is 2.05. The molecule has 3 aromatic rings. The molecule has 0 unspecified atom stereocenters. The molecule has 142 valence electrons. The molecule has 0 spiro atoms. The summed E-state index contributed by atoms with van der Waals surface area (Å²) in [6, 6.07) is 12.3. The van der Waals surface area contributed by atoms with Crippen LogP contribution in [0.3, 0.4) is 0 Å². The van der Waals surface area contributed by atoms with E-state index in [-0.39, 0.29) is 0 Å². The minimum Gasteiger partial charge on any atom is -0.493 e. The highest BCUT2D eigenvalue weighted by atomic mass is 16.5. The highest BCUT2D eigenvalue weighted by molar-refractivity contribution is 5.89. The van der Waals surface area contributed by atoms with E-state index < -0.39 is 0 Å². The summed E-state index contributed by atoms with van der Waals surface area (Å²) in [6.07, 6.45) is 0. The van der Waals surface area contributed by atoms with Crippen molar-refractivity contribution in [2.75, 3.05) is 28.4 Å². The van der Waals surface area contributed by atoms with Gasteiger partial charge in [-0.3, -0.25) is 0 Å². The Morgan fingerprint density at radius 1 is 0.889 bits per heavy atom. The average molecular weight is 367 g/mol. The summed E-state index contributed by atoms with van der Waals surface area (Å²) in [5.74, 6) is 1.78. The van der Waals surface area contributed by atoms with E-state index in [1.807, 2.05) is 19.2 Å². The van der Waals surface area contributed by atoms with E-state index in [4.69, 9.17) is 18.9 Å². The number of benzene rings is 2. The molecule has 1 heterocycles. The third-order valence-electron chi connectivity index (χ3n) is 4.80. The van der Waals surface area contributed by atoms with Crippen molar-refractivity contribution < 1.29 is 18.9 Å². The van der Waals surface area contributed by atoms with Gasteiger partial charge in [-0.1, -0.05) is 12.6 Å². The summed E-state index contributed by atoms with van der Waals surface area (Å²) in [7, 11) is 8.56. The molecule has 0 bridgehead atoms. The van der Waals surface area contributed by atoms with Gasteiger partial charge in [0.2, 0.25) is 5.75 Å². The summed E-state index contributed by atoms with van der Waals surface area (Å²) in [6.45, 7) is 4.87. The van der Waals surface area contributed by atoms with Crippen LogP contribution in [0.5, 0.6) is 17.2 Å². The summed E-state index contributed by atoms with van der Waals surface area (Å²) in [5, 5.41) is 1.15. The lowest BCUT2D eigenvalue weighted by molar-refractivity contribution is 0.179. The number of fused-ring (bicyclic) bond motifs is 1. The number of rotatable bonds is 7. The fourth-order valence-corrected chi connectivity index (χ4v) is 3.30. The van der Waals surface area contributed by atoms with Gasteiger partial charge in [0.25, 0.3) is 0 Å². The summed E-state index contributed by atoms with van der Waals surface area (Å²) >= 11 is 0. The molecule has 27 heavy (non-hydrogen) atoms. The van der Waals surface area contributed by atoms with E-state index in [2.05, 4.69) is 35.4 Å². The molecule has 0 amide bonds. The second kappa shape index (κ2) is 7.76. The average Bonchev–Trinajstić information content (AvgIpc) is 3.01. The topological polar surface area (TPSA) is 41.9 Å². The van der Waals surface area contributed by atoms with E-state index in [9.17, 15) is 0 Å². The van der Waals surface area contributed by atoms with Gasteiger partial charge in [-0.05, 0) is 47.0 Å². The largest absolute Gasteiger partial charge is 0.493 e. The number of aromatic nitrogens is 1. The number of hydrogen-bond donors (Lipinski definition) is 0. The maximum absolute atomic E-state index is 5.46. The van der Waals surface area contributed by atoms with Crippen molar-refractivity contribution in [3.63, 3.8) is 0 Å². The monoisotopic (exact) mass is 367 g/mol. The highest BCUT2D eigenvalue weighted by Gasteiger charge is 2.16. The second-order valence-corrected chi connectivity index (χ2v) is 6.29. The van der Waals surface area contributed by atoms with Crippen LogP contribution >= 0.6 is 0 Å². The lowest BCUT2D eigenvalue weighted by Gasteiger charge is -2.15. The van der Waals surface area contributed by atoms with Crippen LogP contribution in [0.4, 0.5) is 0 Å². The van der Waals surface area contributed by atoms with Crippen molar-refractivity contribution in [3.8, 4) is 17.2 Å². The molecular weight excluding hydrogens is 342 g/mol. The molecule has 0 radical (unpaired) electrons. The lowest BCUT2D eigenvalue weighted by Crippen LogP contribution is -1.97. The van der Waals surface area contributed by atoms with Crippen LogP contribution in [0, 0.1) is 0 Å². The van der Waals surface area contributed by atoms with Crippen LogP contribution in [-0.2, 0) is 18.4 Å². The van der Waals surface area contributed by atoms with Crippen molar-refractivity contribution in [3.05, 3.63) is 59.8 Å². The Labute approximate surface area is 159 Å². The van der Waals surface area contributed by atoms with Crippen molar-refractivity contribution >= 4 is 16.5 Å². The molecule has 3 rings (SSSR count). The molecule has 5 nitrogen and oxygen atoms in total. The smallest absolute Gasteiger partial charge is 0.203 e. The summed E-state index contributed by atoms with van der Waals surface area (Å²) in [4.78, 5) is 0. The molecule has 2 aromatic carbocycles. The second-order valence-electron chi connectivity index (χ2n) is 6.29. The number of aryl methyl sites for hydroxylation is 1. The maximum atomic E-state index is 5.46. The quantitative estimate of drug-likeness (QED) is 0.620. The Morgan fingerprint density at radius 2 is 1.56 bits per heavy atom. The van der Waals surface area contributed by atoms with Crippen molar-refractivity contribution in [1.29, 1.82) is 0 Å². The van der Waals surface area contributed by atoms with Crippen molar-refractivity contribution in [1.82, 2.24) is 4.57 Å². The van der Waals surface area contributed by atoms with Crippen molar-refractivity contribution in [2.24, 2.45) is 7.05 Å². The summed E-state index contributed by atoms with van der Waals surface area (Å²) < 4.78 is 23.7. The Hall–Kier alpha value is -2.92. The van der Waals surface area contributed by atoms with Crippen LogP contribution in [0.15, 0.2) is 43.0 Å². The van der Waals surface area contributed by atoms with Gasteiger partial charge in [-0.2, -0.15) is 0 Å². The predicted octanol–water partition coefficient (Wildman–Crippen LogP) is 4.41. The van der Waals surface area contributed by atoms with E-state index in [1.165, 1.54) is 0 Å². The van der Waals surface area contributed by atoms with Gasteiger partial charge >= 0.3 is 0 Å². The van der Waals surface area contributed by atoms with Gasteiger partial charge in [0.1, 0.15) is 0 Å². The molecule has 1 aromatic heterocycles. The van der Waals surface area contributed by atoms with Crippen LogP contribution in [-0.4, -0.2) is 33.0 Å². The first kappa shape index (κ1) is 18.9. The first-order valence-electron chi connectivity index (χ1n) is 8.61. The molecule has 5 heteroatoms. The SMILES string of the molecule is C=C(c1cc(OC)c(OC)c(OC)c1)c1ccc2c(c1)cc(COC)n2C. The molecular formula is C22H25NO4. The van der Waals surface area contributed by atoms with Gasteiger partial charge in [-0.15, -0.1) is 0 Å². The molecule has 0 aliphatic rings. The maximum Gasteiger partial charge on any atom is 0.203 e. The van der Waals surface area contributed by atoms with Crippen molar-refractivity contribution in [2.45, 2.75) is 6.61 Å². The van der Waals surface area contributed by atoms with Gasteiger partial charge in [0, 0.05) is 30.8 Å². The van der Waals surface area contributed by atoms with Crippen LogP contribution in [0.25, 0.3) is 16.5 Å². The van der Waals surface area contributed by atoms with E-state index in [0.717, 1.165) is 33.3 Å². The number of nitrogens with zero attached hydrogens (tertiary/aromatic N) is 1. The third kappa shape index (κ3) is 3.38. The van der Waals surface area contributed by atoms with Gasteiger partial charge in [0.15, 0.2) is 11.5 Å². The van der Waals surface area contributed by atoms with Gasteiger partial charge in [-0.25, -0.2) is 0 Å². The molecule has 0 aliphatic heterocycles. The minimum atomic E-state index is 0.569. The van der Waals surface area contributed by atoms with Gasteiger partial charge < -0.3 is 23.5 Å².